The van der Waals surface area contributed by atoms with E-state index in [1.165, 1.54) is 0 Å². The molecule has 88 valence electrons. The van der Waals surface area contributed by atoms with E-state index in [0.29, 0.717) is 6.10 Å². The summed E-state index contributed by atoms with van der Waals surface area (Å²) in [5.74, 6) is 0.980. The number of aryl methyl sites for hydroxylation is 2. The van der Waals surface area contributed by atoms with Gasteiger partial charge in [-0.1, -0.05) is 11.6 Å². The molecule has 1 aliphatic heterocycles. The average Bonchev–Trinajstić information content (AvgIpc) is 2.27. The van der Waals surface area contributed by atoms with Crippen LogP contribution in [-0.4, -0.2) is 19.2 Å². The second kappa shape index (κ2) is 5.07. The highest BCUT2D eigenvalue weighted by Crippen LogP contribution is 2.27. The lowest BCUT2D eigenvalue weighted by Gasteiger charge is -2.25. The fourth-order valence-corrected chi connectivity index (χ4v) is 2.19. The summed E-state index contributed by atoms with van der Waals surface area (Å²) < 4.78 is 6.02. The Morgan fingerprint density at radius 3 is 2.56 bits per heavy atom. The van der Waals surface area contributed by atoms with Crippen molar-refractivity contribution in [1.29, 1.82) is 0 Å². The lowest BCUT2D eigenvalue weighted by Crippen LogP contribution is -2.34. The van der Waals surface area contributed by atoms with Crippen molar-refractivity contribution >= 4 is 11.6 Å². The summed E-state index contributed by atoms with van der Waals surface area (Å²) in [7, 11) is 0. The maximum absolute atomic E-state index is 6.06. The number of halogens is 1. The summed E-state index contributed by atoms with van der Waals surface area (Å²) in [6.45, 7) is 6.16. The second-order valence-corrected chi connectivity index (χ2v) is 4.84. The van der Waals surface area contributed by atoms with Crippen LogP contribution in [0.3, 0.4) is 0 Å². The van der Waals surface area contributed by atoms with Crippen LogP contribution in [0.25, 0.3) is 0 Å². The first-order valence-corrected chi connectivity index (χ1v) is 6.19. The maximum atomic E-state index is 6.06. The van der Waals surface area contributed by atoms with Gasteiger partial charge in [0.25, 0.3) is 0 Å². The third-order valence-corrected chi connectivity index (χ3v) is 3.44. The monoisotopic (exact) mass is 239 g/mol. The number of hydrogen-bond acceptors (Lipinski definition) is 2. The zero-order chi connectivity index (χ0) is 11.5. The first kappa shape index (κ1) is 11.7. The summed E-state index contributed by atoms with van der Waals surface area (Å²) in [4.78, 5) is 0. The van der Waals surface area contributed by atoms with Crippen molar-refractivity contribution in [2.24, 2.45) is 0 Å². The zero-order valence-electron chi connectivity index (χ0n) is 9.85. The Morgan fingerprint density at radius 1 is 1.19 bits per heavy atom. The van der Waals surface area contributed by atoms with Crippen LogP contribution in [0.15, 0.2) is 12.1 Å². The molecule has 1 N–H and O–H groups in total. The van der Waals surface area contributed by atoms with E-state index >= 15 is 0 Å². The number of nitrogens with one attached hydrogen (secondary N) is 1. The topological polar surface area (TPSA) is 21.3 Å². The highest BCUT2D eigenvalue weighted by atomic mass is 35.5. The van der Waals surface area contributed by atoms with Crippen LogP contribution in [0, 0.1) is 13.8 Å². The summed E-state index contributed by atoms with van der Waals surface area (Å²) >= 11 is 6.06. The van der Waals surface area contributed by atoms with Crippen LogP contribution < -0.4 is 10.1 Å². The molecule has 16 heavy (non-hydrogen) atoms. The van der Waals surface area contributed by atoms with Gasteiger partial charge in [0.1, 0.15) is 11.9 Å². The summed E-state index contributed by atoms with van der Waals surface area (Å²) in [5.41, 5.74) is 2.20. The van der Waals surface area contributed by atoms with Gasteiger partial charge < -0.3 is 10.1 Å². The third-order valence-electron chi connectivity index (χ3n) is 3.04. The minimum atomic E-state index is 0.348. The Kier molecular flexibility index (Phi) is 3.72. The molecule has 1 aromatic carbocycles. The Morgan fingerprint density at radius 2 is 1.88 bits per heavy atom. The van der Waals surface area contributed by atoms with E-state index < -0.39 is 0 Å². The van der Waals surface area contributed by atoms with Crippen molar-refractivity contribution in [1.82, 2.24) is 5.32 Å². The van der Waals surface area contributed by atoms with Crippen LogP contribution in [0.4, 0.5) is 0 Å². The molecule has 1 aromatic rings. The Balaban J connectivity index is 2.11. The van der Waals surface area contributed by atoms with Crippen LogP contribution in [0.1, 0.15) is 24.0 Å². The molecule has 1 fully saturated rings. The van der Waals surface area contributed by atoms with E-state index in [4.69, 9.17) is 16.3 Å². The predicted octanol–water partition coefficient (Wildman–Crippen LogP) is 3.09. The van der Waals surface area contributed by atoms with Gasteiger partial charge in [0.15, 0.2) is 0 Å². The molecule has 0 aliphatic carbocycles. The van der Waals surface area contributed by atoms with Gasteiger partial charge in [-0.2, -0.15) is 0 Å². The van der Waals surface area contributed by atoms with Crippen LogP contribution in [0.2, 0.25) is 5.02 Å². The first-order valence-electron chi connectivity index (χ1n) is 5.81. The van der Waals surface area contributed by atoms with Gasteiger partial charge in [0.05, 0.1) is 0 Å². The van der Waals surface area contributed by atoms with Gasteiger partial charge in [-0.3, -0.25) is 0 Å². The molecule has 0 unspecified atom stereocenters. The largest absolute Gasteiger partial charge is 0.490 e. The lowest BCUT2D eigenvalue weighted by atomic mass is 10.1. The minimum absolute atomic E-state index is 0.348. The van der Waals surface area contributed by atoms with Crippen LogP contribution in [0.5, 0.6) is 5.75 Å². The van der Waals surface area contributed by atoms with Gasteiger partial charge in [-0.05, 0) is 63.0 Å². The summed E-state index contributed by atoms with van der Waals surface area (Å²) in [5, 5.41) is 4.15. The van der Waals surface area contributed by atoms with Crippen LogP contribution in [-0.2, 0) is 0 Å². The fourth-order valence-electron chi connectivity index (χ4n) is 1.97. The molecule has 0 atom stereocenters. The van der Waals surface area contributed by atoms with Gasteiger partial charge >= 0.3 is 0 Å². The van der Waals surface area contributed by atoms with Crippen molar-refractivity contribution in [2.45, 2.75) is 32.8 Å². The number of piperidine rings is 1. The highest BCUT2D eigenvalue weighted by Gasteiger charge is 2.15. The molecule has 0 spiro atoms. The maximum Gasteiger partial charge on any atom is 0.122 e. The number of hydrogen-bond donors (Lipinski definition) is 1. The van der Waals surface area contributed by atoms with E-state index in [1.807, 2.05) is 26.0 Å². The molecule has 1 aliphatic rings. The van der Waals surface area contributed by atoms with Crippen molar-refractivity contribution in [3.63, 3.8) is 0 Å². The molecule has 0 saturated carbocycles. The SMILES string of the molecule is Cc1cc(OC2CCNCC2)c(C)cc1Cl. The van der Waals surface area contributed by atoms with Crippen molar-refractivity contribution in [2.75, 3.05) is 13.1 Å². The van der Waals surface area contributed by atoms with E-state index in [0.717, 1.165) is 47.8 Å². The molecule has 3 heteroatoms. The molecule has 2 rings (SSSR count). The summed E-state index contributed by atoms with van der Waals surface area (Å²) in [6, 6.07) is 4.02. The number of benzene rings is 1. The lowest BCUT2D eigenvalue weighted by molar-refractivity contribution is 0.161. The third kappa shape index (κ3) is 2.69. The molecule has 1 saturated heterocycles. The fraction of sp³-hybridized carbons (Fsp3) is 0.538. The smallest absolute Gasteiger partial charge is 0.122 e. The van der Waals surface area contributed by atoms with E-state index in [1.54, 1.807) is 0 Å². The normalized spacial score (nSPS) is 17.4. The second-order valence-electron chi connectivity index (χ2n) is 4.43. The van der Waals surface area contributed by atoms with E-state index in [2.05, 4.69) is 5.32 Å². The molecule has 2 nitrogen and oxygen atoms in total. The molecule has 0 bridgehead atoms. The Labute approximate surface area is 102 Å². The van der Waals surface area contributed by atoms with Gasteiger partial charge in [-0.15, -0.1) is 0 Å². The Hall–Kier alpha value is -0.730. The molecule has 0 amide bonds. The molecular formula is C13H18ClNO. The van der Waals surface area contributed by atoms with Gasteiger partial charge in [0.2, 0.25) is 0 Å². The number of ether oxygens (including phenoxy) is 1. The average molecular weight is 240 g/mol. The van der Waals surface area contributed by atoms with E-state index in [9.17, 15) is 0 Å². The van der Waals surface area contributed by atoms with Crippen LogP contribution >= 0.6 is 11.6 Å². The molecule has 0 radical (unpaired) electrons. The quantitative estimate of drug-likeness (QED) is 0.857. The Bertz CT molecular complexity index is 372. The van der Waals surface area contributed by atoms with Crippen molar-refractivity contribution < 1.29 is 4.74 Å². The standard InChI is InChI=1S/C13H18ClNO/c1-9-8-13(10(2)7-12(9)14)16-11-3-5-15-6-4-11/h7-8,11,15H,3-6H2,1-2H3. The van der Waals surface area contributed by atoms with E-state index in [-0.39, 0.29) is 0 Å². The zero-order valence-corrected chi connectivity index (χ0v) is 10.6. The first-order chi connectivity index (χ1) is 7.66. The molecular weight excluding hydrogens is 222 g/mol. The van der Waals surface area contributed by atoms with Gasteiger partial charge in [-0.25, -0.2) is 0 Å². The number of rotatable bonds is 2. The highest BCUT2D eigenvalue weighted by molar-refractivity contribution is 6.31. The van der Waals surface area contributed by atoms with Gasteiger partial charge in [0, 0.05) is 5.02 Å². The predicted molar refractivity (Wildman–Crippen MR) is 67.4 cm³/mol. The molecule has 0 aromatic heterocycles. The van der Waals surface area contributed by atoms with Crippen molar-refractivity contribution in [3.05, 3.63) is 28.3 Å². The van der Waals surface area contributed by atoms with Crippen molar-refractivity contribution in [3.8, 4) is 5.75 Å². The molecule has 1 heterocycles. The summed E-state index contributed by atoms with van der Waals surface area (Å²) in [6.07, 6.45) is 2.52. The minimum Gasteiger partial charge on any atom is -0.490 e.